The fraction of sp³-hybridized carbons (Fsp3) is 0.579. The molecule has 10 rings (SSSR count). The number of aliphatic hydroxyl groups is 3. The number of aromatic nitrogens is 2. The molecule has 0 fully saturated rings. The summed E-state index contributed by atoms with van der Waals surface area (Å²) in [4.78, 5) is 87.7. The third-order valence-electron chi connectivity index (χ3n) is 22.3. The number of unbranched alkanes of at least 4 members (excludes halogenated alkanes) is 1. The van der Waals surface area contributed by atoms with Crippen LogP contribution in [0.2, 0.25) is 0 Å². The Kier molecular flexibility index (Phi) is 79.0. The Morgan fingerprint density at radius 3 is 0.830 bits per heavy atom. The summed E-state index contributed by atoms with van der Waals surface area (Å²) in [6.07, 6.45) is 23.3. The summed E-state index contributed by atoms with van der Waals surface area (Å²) < 4.78 is 90.7. The average Bonchev–Trinajstić information content (AvgIpc) is 1.63. The van der Waals surface area contributed by atoms with Crippen LogP contribution in [0.3, 0.4) is 0 Å². The predicted molar refractivity (Wildman–Crippen MR) is 565 cm³/mol. The van der Waals surface area contributed by atoms with Crippen molar-refractivity contribution < 1.29 is 251 Å². The summed E-state index contributed by atoms with van der Waals surface area (Å²) in [6.45, 7) is 34.0. The van der Waals surface area contributed by atoms with Crippen LogP contribution in [0.15, 0.2) is 120 Å². The molecular weight excluding hydrogens is 2330 g/mol. The third kappa shape index (κ3) is 51.7. The molecule has 2 atom stereocenters. The summed E-state index contributed by atoms with van der Waals surface area (Å²) in [6, 6.07) is 7.19. The molecule has 8 heterocycles. The first-order chi connectivity index (χ1) is 68.7. The van der Waals surface area contributed by atoms with E-state index in [-0.39, 0.29) is 193 Å². The van der Waals surface area contributed by atoms with Crippen LogP contribution < -0.4 is 28.9 Å². The number of aliphatic imine (C=N–C) groups is 8. The molecule has 12 bridgehead atoms. The van der Waals surface area contributed by atoms with E-state index in [2.05, 4.69) is 74.5 Å². The summed E-state index contributed by atoms with van der Waals surface area (Å²) >= 11 is 0. The van der Waals surface area contributed by atoms with Crippen LogP contribution in [0.5, 0.6) is 23.0 Å². The van der Waals surface area contributed by atoms with Gasteiger partial charge >= 0.3 is 0 Å². The zero-order valence-corrected chi connectivity index (χ0v) is 95.3. The molecule has 6 aliphatic heterocycles. The quantitative estimate of drug-likeness (QED) is 0.0159. The number of aliphatic hydroxyl groups excluding tert-OH is 3. The van der Waals surface area contributed by atoms with Crippen molar-refractivity contribution in [1.82, 2.24) is 9.97 Å². The van der Waals surface area contributed by atoms with Crippen molar-refractivity contribution in [2.75, 3.05) is 207 Å². The maximum atomic E-state index is 9.87. The molecule has 40 heteroatoms. The number of rotatable bonds is 56. The van der Waals surface area contributed by atoms with Crippen LogP contribution in [0, 0.1) is 127 Å². The van der Waals surface area contributed by atoms with E-state index in [1.807, 2.05) is 30.5 Å². The molecule has 4 aromatic rings. The predicted octanol–water partition coefficient (Wildman–Crippen LogP) is 15.6. The van der Waals surface area contributed by atoms with Crippen LogP contribution in [0.25, 0.3) is 12.2 Å². The van der Waals surface area contributed by atoms with E-state index in [1.54, 1.807) is 47.1 Å². The SMILES string of the molecule is C.CC(=O)O.CC(=O)O.CC(=O)O.CC(=O)O.CCCCC1=C(C)C2=NC1Cc1[n-]c(c(CC)c1CC)C=C1N=C(C=Nc3cc(OCCOCCOCCOC)c(OCCOCCOCCOC)cc3N=C2)C(C)=C1CCCO.CCc1c2[n-]c(c1CC)CC1N=C(C=Nc3cc(OCCOCCOCCOC)c(OCCOCCOCCOC)cc3N=CC3=NC(=C2)C(CCCO)=C3C)C(C)=C1CCCO.[CH3-].[Gd].[Gd].[Gd]. The van der Waals surface area contributed by atoms with E-state index < -0.39 is 23.9 Å². The first-order valence-electron chi connectivity index (χ1n) is 48.8. The van der Waals surface area contributed by atoms with Crippen molar-refractivity contribution in [3.63, 3.8) is 0 Å². The number of aliphatic carboxylic acids is 4. The first kappa shape index (κ1) is 140. The Hall–Kier alpha value is -6.75. The van der Waals surface area contributed by atoms with Crippen LogP contribution >= 0.6 is 0 Å². The number of nitrogens with zero attached hydrogens (tertiary/aromatic N) is 10. The number of carboxylic acids is 4. The van der Waals surface area contributed by atoms with Crippen LogP contribution in [-0.2, 0) is 115 Å². The van der Waals surface area contributed by atoms with Gasteiger partial charge in [-0.2, -0.15) is 11.4 Å². The minimum atomic E-state index is -0.833. The van der Waals surface area contributed by atoms with Crippen molar-refractivity contribution in [3.05, 3.63) is 133 Å². The average molecular weight is 2490 g/mol. The molecule has 6 aliphatic rings. The second kappa shape index (κ2) is 82.8. The second-order valence-electron chi connectivity index (χ2n) is 32.8. The number of methoxy groups -OCH3 is 4. The Labute approximate surface area is 965 Å². The number of hydrogen-bond donors (Lipinski definition) is 7. The second-order valence-corrected chi connectivity index (χ2v) is 32.8. The summed E-state index contributed by atoms with van der Waals surface area (Å²) in [5.74, 6) is -1.40. The molecule has 0 saturated heterocycles. The van der Waals surface area contributed by atoms with Gasteiger partial charge in [0.15, 0.2) is 23.0 Å². The molecule has 0 amide bonds. The van der Waals surface area contributed by atoms with Gasteiger partial charge in [0.05, 0.1) is 226 Å². The summed E-state index contributed by atoms with van der Waals surface area (Å²) in [5, 5.41) is 59.3. The zero-order chi connectivity index (χ0) is 104. The molecule has 0 saturated carbocycles. The van der Waals surface area contributed by atoms with Gasteiger partial charge in [0.2, 0.25) is 0 Å². The molecule has 0 spiro atoms. The van der Waals surface area contributed by atoms with E-state index in [9.17, 15) is 15.3 Å². The fourth-order valence-electron chi connectivity index (χ4n) is 15.6. The van der Waals surface area contributed by atoms with E-state index in [0.29, 0.717) is 216 Å². The van der Waals surface area contributed by atoms with Gasteiger partial charge in [-0.1, -0.05) is 82.9 Å². The van der Waals surface area contributed by atoms with Gasteiger partial charge in [-0.15, -0.1) is 11.4 Å². The fourth-order valence-corrected chi connectivity index (χ4v) is 15.6. The molecule has 2 aromatic heterocycles. The van der Waals surface area contributed by atoms with Gasteiger partial charge in [0, 0.05) is 220 Å². The maximum Gasteiger partial charge on any atom is 0.300 e. The normalized spacial score (nSPS) is 14.5. The zero-order valence-electron chi connectivity index (χ0n) is 88.5. The van der Waals surface area contributed by atoms with E-state index >= 15 is 0 Å². The topological polar surface area (TPSA) is 485 Å². The van der Waals surface area contributed by atoms with Crippen LogP contribution in [0.4, 0.5) is 22.7 Å². The number of hydrogen-bond acceptors (Lipinski definition) is 31. The minimum absolute atomic E-state index is 0. The molecular formula is C107H161Gd3N10O27-3. The number of benzene rings is 2. The minimum Gasteiger partial charge on any atom is -0.661 e. The van der Waals surface area contributed by atoms with Crippen molar-refractivity contribution in [3.8, 4) is 23.0 Å². The molecule has 147 heavy (non-hydrogen) atoms. The number of carbonyl (C=O) groups is 4. The van der Waals surface area contributed by atoms with Crippen molar-refractivity contribution in [2.45, 2.75) is 206 Å². The Morgan fingerprint density at radius 2 is 0.585 bits per heavy atom. The van der Waals surface area contributed by atoms with E-state index in [4.69, 9.17) is 165 Å². The van der Waals surface area contributed by atoms with Crippen LogP contribution in [0.1, 0.15) is 200 Å². The summed E-state index contributed by atoms with van der Waals surface area (Å²) in [7, 11) is 6.57. The van der Waals surface area contributed by atoms with E-state index in [0.717, 1.165) is 176 Å². The van der Waals surface area contributed by atoms with Gasteiger partial charge in [-0.05, 0) is 162 Å². The number of allylic oxidation sites excluding steroid dienone is 6. The number of ether oxygens (including phenoxy) is 16. The maximum absolute atomic E-state index is 9.87. The van der Waals surface area contributed by atoms with Crippen molar-refractivity contribution >= 4 is 106 Å². The van der Waals surface area contributed by atoms with Gasteiger partial charge in [0.25, 0.3) is 23.9 Å². The third-order valence-corrected chi connectivity index (χ3v) is 22.3. The number of fused-ring (bicyclic) bond motifs is 10. The smallest absolute Gasteiger partial charge is 0.300 e. The van der Waals surface area contributed by atoms with Gasteiger partial charge in [-0.3, -0.25) is 49.1 Å². The molecule has 2 aromatic carbocycles. The van der Waals surface area contributed by atoms with Gasteiger partial charge < -0.3 is 129 Å². The van der Waals surface area contributed by atoms with Crippen LogP contribution in [-0.4, -0.2) is 326 Å². The molecule has 37 nitrogen and oxygen atoms in total. The molecule has 7 N–H and O–H groups in total. The van der Waals surface area contributed by atoms with Gasteiger partial charge in [0.1, 0.15) is 26.4 Å². The monoisotopic (exact) mass is 2490 g/mol. The van der Waals surface area contributed by atoms with E-state index in [1.165, 1.54) is 33.4 Å². The van der Waals surface area contributed by atoms with Gasteiger partial charge in [-0.25, -0.2) is 9.98 Å². The Morgan fingerprint density at radius 1 is 0.347 bits per heavy atom. The first-order valence-corrected chi connectivity index (χ1v) is 48.8. The number of carboxylic acid groups (broad SMARTS) is 4. The van der Waals surface area contributed by atoms with Crippen molar-refractivity contribution in [2.24, 2.45) is 39.9 Å². The Balaban J connectivity index is 0.00000245. The molecule has 828 valence electrons. The summed E-state index contributed by atoms with van der Waals surface area (Å²) in [5.41, 5.74) is 25.0. The molecule has 0 radical (unpaired) electrons. The molecule has 0 aliphatic carbocycles. The molecule has 2 unspecified atom stereocenters. The largest absolute Gasteiger partial charge is 0.661 e. The standard InChI is InChI=1S/C49H70N5O9.C48H68N5O10.4C2H4O2.CH4.CH3.3Gd/c1-8-11-13-38-34(4)46-32-50-44-30-48(62-26-24-60-22-20-58-18-16-56-6)49(63-27-25-61-23-21-59-19-17-57-7)31-45(44)51-33-47-35(5)39(14-12-15-55)43(54-47)29-41-37(10-3)36(9-2)40(52-41)28-42(38)53-46;1-7-35-36(8-2)40-28-42-38(12-10-14-55)34(4)46(53-42)32-50-44-30-48(63-26-24-61-22-20-59-18-16-57-6)47(62-25-23-60-21-19-58-17-15-56-5)29-43(44)49-31-45-33(3)37(11-9-13-54)41(52-45)27-39(35)51-40;4*1-2(3)4;;;;;/h29-33,42,55H,8-28H2,1-7H3;27,29-32,42,54-55H,7-26,28H2,1-6H3;4*1H3,(H,3,4);1H4;1H3;;;/q2*-1;;;;;;-1;;;. The Bertz CT molecular complexity index is 4700. The van der Waals surface area contributed by atoms with Crippen molar-refractivity contribution in [1.29, 1.82) is 0 Å².